The van der Waals surface area contributed by atoms with Gasteiger partial charge >= 0.3 is 0 Å². The first-order valence-electron chi connectivity index (χ1n) is 6.33. The minimum atomic E-state index is -3.02. The molecule has 2 nitrogen and oxygen atoms in total. The largest absolute Gasteiger partial charge is 0.598 e. The molecule has 6 heteroatoms. The molecule has 0 aromatic heterocycles. The van der Waals surface area contributed by atoms with Crippen molar-refractivity contribution in [1.82, 2.24) is 4.72 Å². The van der Waals surface area contributed by atoms with Gasteiger partial charge < -0.3 is 4.55 Å². The number of hydrogen-bond donors (Lipinski definition) is 1. The fourth-order valence-corrected chi connectivity index (χ4v) is 2.33. The van der Waals surface area contributed by atoms with Gasteiger partial charge in [0.05, 0.1) is 6.04 Å². The highest BCUT2D eigenvalue weighted by Gasteiger charge is 2.28. The van der Waals surface area contributed by atoms with Gasteiger partial charge in [0, 0.05) is 11.4 Å². The van der Waals surface area contributed by atoms with Crippen LogP contribution in [0.15, 0.2) is 24.3 Å². The Hall–Kier alpha value is -0.720. The minimum absolute atomic E-state index is 0.0482. The van der Waals surface area contributed by atoms with E-state index < -0.39 is 28.7 Å². The van der Waals surface area contributed by atoms with Crippen LogP contribution in [-0.2, 0) is 11.4 Å². The second kappa shape index (κ2) is 6.83. The number of nitrogens with one attached hydrogen (secondary N) is 1. The monoisotopic (exact) mass is 307 g/mol. The topological polar surface area (TPSA) is 35.1 Å². The van der Waals surface area contributed by atoms with Crippen molar-refractivity contribution in [2.45, 2.75) is 51.1 Å². The maximum absolute atomic E-state index is 13.1. The van der Waals surface area contributed by atoms with Crippen LogP contribution in [0.5, 0.6) is 0 Å². The first kappa shape index (κ1) is 17.3. The van der Waals surface area contributed by atoms with Crippen LogP contribution in [-0.4, -0.2) is 15.7 Å². The molecular formula is C14H20F3NOS. The Balaban J connectivity index is 2.73. The Morgan fingerprint density at radius 2 is 1.50 bits per heavy atom. The molecule has 1 aromatic rings. The van der Waals surface area contributed by atoms with Crippen molar-refractivity contribution >= 4 is 11.4 Å². The van der Waals surface area contributed by atoms with Gasteiger partial charge in [-0.2, -0.15) is 0 Å². The van der Waals surface area contributed by atoms with Crippen LogP contribution in [0.3, 0.4) is 0 Å². The molecule has 0 fully saturated rings. The molecule has 0 radical (unpaired) electrons. The van der Waals surface area contributed by atoms with E-state index in [9.17, 15) is 17.7 Å². The first-order chi connectivity index (χ1) is 9.12. The molecule has 1 N–H and O–H groups in total. The van der Waals surface area contributed by atoms with Crippen molar-refractivity contribution in [3.63, 3.8) is 0 Å². The van der Waals surface area contributed by atoms with E-state index in [4.69, 9.17) is 0 Å². The quantitative estimate of drug-likeness (QED) is 0.832. The van der Waals surface area contributed by atoms with Gasteiger partial charge in [0.25, 0.3) is 6.43 Å². The summed E-state index contributed by atoms with van der Waals surface area (Å²) in [5.41, 5.74) is 0.723. The van der Waals surface area contributed by atoms with Gasteiger partial charge in [0.15, 0.2) is 6.17 Å². The van der Waals surface area contributed by atoms with Gasteiger partial charge in [-0.1, -0.05) is 24.3 Å². The lowest BCUT2D eigenvalue weighted by molar-refractivity contribution is 0.0495. The Labute approximate surface area is 121 Å². The zero-order valence-electron chi connectivity index (χ0n) is 12.0. The number of halogens is 3. The molecule has 0 amide bonds. The van der Waals surface area contributed by atoms with Crippen molar-refractivity contribution in [3.8, 4) is 0 Å². The predicted molar refractivity (Wildman–Crippen MR) is 75.7 cm³/mol. The van der Waals surface area contributed by atoms with E-state index in [1.54, 1.807) is 12.1 Å². The maximum atomic E-state index is 13.1. The third-order valence-corrected chi connectivity index (χ3v) is 4.50. The standard InChI is InChI=1S/C14H20F3NOS/c1-9(18-20(19)14(2,3)4)10-5-7-11(8-6-10)12(15)13(16)17/h5-9,12-13,18H,1-4H3/t9-,12?,20?/m0/s1. The van der Waals surface area contributed by atoms with Gasteiger partial charge in [-0.15, -0.1) is 4.72 Å². The van der Waals surface area contributed by atoms with Crippen LogP contribution in [0, 0.1) is 0 Å². The lowest BCUT2D eigenvalue weighted by Crippen LogP contribution is -2.40. The second-order valence-corrected chi connectivity index (χ2v) is 7.62. The highest BCUT2D eigenvalue weighted by Crippen LogP contribution is 2.26. The van der Waals surface area contributed by atoms with Gasteiger partial charge in [-0.25, -0.2) is 13.2 Å². The summed E-state index contributed by atoms with van der Waals surface area (Å²) in [6.45, 7) is 7.37. The van der Waals surface area contributed by atoms with E-state index in [0.717, 1.165) is 5.56 Å². The minimum Gasteiger partial charge on any atom is -0.598 e. The van der Waals surface area contributed by atoms with Crippen molar-refractivity contribution in [3.05, 3.63) is 35.4 Å². The molecule has 1 aromatic carbocycles. The third-order valence-electron chi connectivity index (χ3n) is 2.82. The lowest BCUT2D eigenvalue weighted by Gasteiger charge is -2.26. The molecule has 0 saturated carbocycles. The maximum Gasteiger partial charge on any atom is 0.273 e. The summed E-state index contributed by atoms with van der Waals surface area (Å²) in [5.74, 6) is 0. The number of hydrogen-bond acceptors (Lipinski definition) is 2. The SMILES string of the molecule is C[C@H](N[S+]([O-])C(C)(C)C)c1ccc(C(F)C(F)F)cc1. The third kappa shape index (κ3) is 4.68. The van der Waals surface area contributed by atoms with Crippen molar-refractivity contribution in [1.29, 1.82) is 0 Å². The summed E-state index contributed by atoms with van der Waals surface area (Å²) >= 11 is -1.23. The molecule has 1 rings (SSSR count). The average Bonchev–Trinajstić information content (AvgIpc) is 2.36. The highest BCUT2D eigenvalue weighted by atomic mass is 32.2. The zero-order valence-corrected chi connectivity index (χ0v) is 12.8. The number of alkyl halides is 3. The van der Waals surface area contributed by atoms with Gasteiger partial charge in [0.2, 0.25) is 0 Å². The van der Waals surface area contributed by atoms with Crippen LogP contribution < -0.4 is 4.72 Å². The number of benzene rings is 1. The fraction of sp³-hybridized carbons (Fsp3) is 0.571. The molecule has 3 atom stereocenters. The summed E-state index contributed by atoms with van der Waals surface area (Å²) in [6, 6.07) is 5.60. The van der Waals surface area contributed by atoms with Crippen molar-refractivity contribution < 1.29 is 17.7 Å². The Bertz CT molecular complexity index is 419. The van der Waals surface area contributed by atoms with E-state index in [2.05, 4.69) is 4.72 Å². The van der Waals surface area contributed by atoms with E-state index in [0.29, 0.717) is 0 Å². The molecule has 0 aliphatic rings. The average molecular weight is 307 g/mol. The lowest BCUT2D eigenvalue weighted by atomic mass is 10.0. The van der Waals surface area contributed by atoms with Gasteiger partial charge in [-0.05, 0) is 38.8 Å². The summed E-state index contributed by atoms with van der Waals surface area (Å²) in [4.78, 5) is 0. The molecule has 0 bridgehead atoms. The second-order valence-electron chi connectivity index (χ2n) is 5.62. The van der Waals surface area contributed by atoms with Crippen LogP contribution in [0.1, 0.15) is 51.0 Å². The summed E-state index contributed by atoms with van der Waals surface area (Å²) in [6.07, 6.45) is -5.29. The molecule has 0 heterocycles. The smallest absolute Gasteiger partial charge is 0.273 e. The van der Waals surface area contributed by atoms with E-state index in [-0.39, 0.29) is 11.6 Å². The van der Waals surface area contributed by atoms with E-state index >= 15 is 0 Å². The van der Waals surface area contributed by atoms with Crippen LogP contribution in [0.25, 0.3) is 0 Å². The molecule has 20 heavy (non-hydrogen) atoms. The zero-order chi connectivity index (χ0) is 15.5. The highest BCUT2D eigenvalue weighted by molar-refractivity contribution is 7.90. The number of rotatable bonds is 5. The van der Waals surface area contributed by atoms with E-state index in [1.807, 2.05) is 27.7 Å². The van der Waals surface area contributed by atoms with Crippen molar-refractivity contribution in [2.24, 2.45) is 0 Å². The summed E-state index contributed by atoms with van der Waals surface area (Å²) < 4.78 is 52.1. The molecular weight excluding hydrogens is 287 g/mol. The molecule has 0 saturated heterocycles. The summed E-state index contributed by atoms with van der Waals surface area (Å²) in [7, 11) is 0. The van der Waals surface area contributed by atoms with E-state index in [1.165, 1.54) is 12.1 Å². The van der Waals surface area contributed by atoms with Gasteiger partial charge in [0.1, 0.15) is 4.75 Å². The normalized spacial score (nSPS) is 17.1. The molecule has 0 aliphatic carbocycles. The molecule has 114 valence electrons. The Morgan fingerprint density at radius 3 is 1.90 bits per heavy atom. The Kier molecular flexibility index (Phi) is 5.91. The fourth-order valence-electron chi connectivity index (χ4n) is 1.52. The van der Waals surface area contributed by atoms with Crippen molar-refractivity contribution in [2.75, 3.05) is 0 Å². The molecule has 0 spiro atoms. The van der Waals surface area contributed by atoms with Gasteiger partial charge in [-0.3, -0.25) is 0 Å². The van der Waals surface area contributed by atoms with Crippen LogP contribution in [0.4, 0.5) is 13.2 Å². The molecule has 2 unspecified atom stereocenters. The van der Waals surface area contributed by atoms with Crippen LogP contribution in [0.2, 0.25) is 0 Å². The molecule has 0 aliphatic heterocycles. The Morgan fingerprint density at radius 1 is 1.05 bits per heavy atom. The predicted octanol–water partition coefficient (Wildman–Crippen LogP) is 4.08. The first-order valence-corrected chi connectivity index (χ1v) is 7.48. The summed E-state index contributed by atoms with van der Waals surface area (Å²) in [5, 5.41) is 0. The van der Waals surface area contributed by atoms with Crippen LogP contribution >= 0.6 is 0 Å².